The molecule has 0 N–H and O–H groups in total. The highest BCUT2D eigenvalue weighted by Gasteiger charge is 2.50. The van der Waals surface area contributed by atoms with Crippen LogP contribution < -0.4 is 0 Å². The summed E-state index contributed by atoms with van der Waals surface area (Å²) in [6, 6.07) is -0.609. The fourth-order valence-corrected chi connectivity index (χ4v) is 2.12. The van der Waals surface area contributed by atoms with Crippen LogP contribution in [0.4, 0.5) is 0 Å². The summed E-state index contributed by atoms with van der Waals surface area (Å²) in [5, 5.41) is 3.60. The van der Waals surface area contributed by atoms with Crippen molar-refractivity contribution in [1.82, 2.24) is 0 Å². The molecule has 2 bridgehead atoms. The van der Waals surface area contributed by atoms with Gasteiger partial charge >= 0.3 is 5.97 Å². The van der Waals surface area contributed by atoms with Crippen LogP contribution in [0.15, 0.2) is 5.11 Å². The SMILES string of the molecule is CC(=O)O[C@H]1C(N=[N+]=[N-])[C@@H]2OCC(O2)[C@H]1C. The molecular weight excluding hydrogens is 214 g/mol. The molecule has 0 spiro atoms. The molecule has 16 heavy (non-hydrogen) atoms. The molecule has 2 heterocycles. The predicted octanol–water partition coefficient (Wildman–Crippen LogP) is 0.988. The molecule has 0 radical (unpaired) electrons. The molecule has 0 aliphatic carbocycles. The maximum atomic E-state index is 11.0. The lowest BCUT2D eigenvalue weighted by molar-refractivity contribution is -0.180. The van der Waals surface area contributed by atoms with Crippen molar-refractivity contribution in [3.05, 3.63) is 10.4 Å². The molecule has 2 fully saturated rings. The lowest BCUT2D eigenvalue weighted by Gasteiger charge is -2.36. The van der Waals surface area contributed by atoms with Gasteiger partial charge in [-0.3, -0.25) is 4.79 Å². The smallest absolute Gasteiger partial charge is 0.302 e. The van der Waals surface area contributed by atoms with Crippen molar-refractivity contribution < 1.29 is 19.0 Å². The van der Waals surface area contributed by atoms with Gasteiger partial charge in [0, 0.05) is 17.8 Å². The average molecular weight is 227 g/mol. The summed E-state index contributed by atoms with van der Waals surface area (Å²) in [6.45, 7) is 3.67. The Labute approximate surface area is 92.3 Å². The summed E-state index contributed by atoms with van der Waals surface area (Å²) in [7, 11) is 0. The third-order valence-corrected chi connectivity index (χ3v) is 2.94. The summed E-state index contributed by atoms with van der Waals surface area (Å²) >= 11 is 0. The summed E-state index contributed by atoms with van der Waals surface area (Å²) in [5.74, 6) is -0.436. The molecule has 2 aliphatic heterocycles. The van der Waals surface area contributed by atoms with Crippen molar-refractivity contribution in [2.24, 2.45) is 11.0 Å². The van der Waals surface area contributed by atoms with Crippen LogP contribution in [0, 0.1) is 5.92 Å². The van der Waals surface area contributed by atoms with Crippen LogP contribution in [-0.2, 0) is 19.0 Å². The molecule has 0 aromatic rings. The van der Waals surface area contributed by atoms with Gasteiger partial charge in [-0.2, -0.15) is 0 Å². The van der Waals surface area contributed by atoms with E-state index in [1.165, 1.54) is 6.92 Å². The van der Waals surface area contributed by atoms with Crippen LogP contribution >= 0.6 is 0 Å². The van der Waals surface area contributed by atoms with E-state index in [0.29, 0.717) is 6.61 Å². The minimum absolute atomic E-state index is 0.0434. The molecule has 2 aliphatic rings. The van der Waals surface area contributed by atoms with E-state index in [9.17, 15) is 4.79 Å². The molecule has 0 aromatic carbocycles. The minimum Gasteiger partial charge on any atom is -0.462 e. The van der Waals surface area contributed by atoms with Crippen LogP contribution in [0.3, 0.4) is 0 Å². The van der Waals surface area contributed by atoms with E-state index in [1.807, 2.05) is 6.92 Å². The van der Waals surface area contributed by atoms with Gasteiger partial charge in [-0.05, 0) is 5.53 Å². The van der Waals surface area contributed by atoms with Gasteiger partial charge in [0.2, 0.25) is 0 Å². The number of rotatable bonds is 2. The quantitative estimate of drug-likeness (QED) is 0.304. The number of azide groups is 1. The molecule has 7 nitrogen and oxygen atoms in total. The Hall–Kier alpha value is -1.30. The largest absolute Gasteiger partial charge is 0.462 e. The average Bonchev–Trinajstić information content (AvgIpc) is 2.66. The number of fused-ring (bicyclic) bond motifs is 2. The maximum Gasteiger partial charge on any atom is 0.302 e. The van der Waals surface area contributed by atoms with E-state index in [-0.39, 0.29) is 12.0 Å². The van der Waals surface area contributed by atoms with Crippen LogP contribution in [0.1, 0.15) is 13.8 Å². The molecule has 7 heteroatoms. The van der Waals surface area contributed by atoms with Crippen LogP contribution in [0.25, 0.3) is 10.4 Å². The van der Waals surface area contributed by atoms with Gasteiger partial charge in [-0.15, -0.1) is 0 Å². The van der Waals surface area contributed by atoms with Gasteiger partial charge in [-0.25, -0.2) is 0 Å². The molecule has 5 atom stereocenters. The van der Waals surface area contributed by atoms with E-state index in [2.05, 4.69) is 10.0 Å². The lowest BCUT2D eigenvalue weighted by atomic mass is 9.91. The number of carbonyl (C=O) groups excluding carboxylic acids is 1. The molecule has 2 rings (SSSR count). The molecule has 0 aromatic heterocycles. The Balaban J connectivity index is 2.22. The van der Waals surface area contributed by atoms with Gasteiger partial charge in [0.25, 0.3) is 0 Å². The zero-order valence-electron chi connectivity index (χ0n) is 9.07. The zero-order chi connectivity index (χ0) is 11.7. The summed E-state index contributed by atoms with van der Waals surface area (Å²) in [5.41, 5.74) is 8.49. The fourth-order valence-electron chi connectivity index (χ4n) is 2.12. The Bertz CT molecular complexity index is 342. The van der Waals surface area contributed by atoms with Crippen molar-refractivity contribution in [1.29, 1.82) is 0 Å². The van der Waals surface area contributed by atoms with Crippen LogP contribution in [0.2, 0.25) is 0 Å². The van der Waals surface area contributed by atoms with Crippen molar-refractivity contribution in [3.63, 3.8) is 0 Å². The van der Waals surface area contributed by atoms with E-state index < -0.39 is 24.4 Å². The number of hydrogen-bond donors (Lipinski definition) is 0. The van der Waals surface area contributed by atoms with Gasteiger partial charge in [0.1, 0.15) is 12.1 Å². The first-order chi connectivity index (χ1) is 7.63. The highest BCUT2D eigenvalue weighted by Crippen LogP contribution is 2.35. The highest BCUT2D eigenvalue weighted by atomic mass is 16.7. The van der Waals surface area contributed by atoms with Gasteiger partial charge < -0.3 is 14.2 Å². The Morgan fingerprint density at radius 2 is 2.38 bits per heavy atom. The molecule has 88 valence electrons. The van der Waals surface area contributed by atoms with Crippen molar-refractivity contribution in [2.75, 3.05) is 6.61 Å². The monoisotopic (exact) mass is 227 g/mol. The third kappa shape index (κ3) is 1.84. The molecule has 2 unspecified atom stereocenters. The Morgan fingerprint density at radius 3 is 3.00 bits per heavy atom. The third-order valence-electron chi connectivity index (χ3n) is 2.94. The number of hydrogen-bond acceptors (Lipinski definition) is 5. The van der Waals surface area contributed by atoms with Crippen LogP contribution in [-0.4, -0.2) is 37.1 Å². The second kappa shape index (κ2) is 4.29. The number of nitrogens with zero attached hydrogens (tertiary/aromatic N) is 3. The molecular formula is C9H13N3O4. The van der Waals surface area contributed by atoms with E-state index in [0.717, 1.165) is 0 Å². The number of ether oxygens (including phenoxy) is 3. The van der Waals surface area contributed by atoms with E-state index in [1.54, 1.807) is 0 Å². The normalized spacial score (nSPS) is 41.2. The number of carbonyl (C=O) groups is 1. The second-order valence-electron chi connectivity index (χ2n) is 4.00. The Morgan fingerprint density at radius 1 is 1.62 bits per heavy atom. The van der Waals surface area contributed by atoms with Gasteiger partial charge in [-0.1, -0.05) is 12.0 Å². The first kappa shape index (κ1) is 11.2. The first-order valence-corrected chi connectivity index (χ1v) is 5.12. The fraction of sp³-hybridized carbons (Fsp3) is 0.889. The van der Waals surface area contributed by atoms with Crippen molar-refractivity contribution in [2.45, 2.75) is 38.4 Å². The molecule has 0 saturated carbocycles. The van der Waals surface area contributed by atoms with Crippen molar-refractivity contribution >= 4 is 5.97 Å². The number of esters is 1. The summed E-state index contributed by atoms with van der Waals surface area (Å²) < 4.78 is 16.0. The van der Waals surface area contributed by atoms with Gasteiger partial charge in [0.05, 0.1) is 12.7 Å². The summed E-state index contributed by atoms with van der Waals surface area (Å²) in [4.78, 5) is 13.7. The highest BCUT2D eigenvalue weighted by molar-refractivity contribution is 5.66. The Kier molecular flexibility index (Phi) is 3.00. The topological polar surface area (TPSA) is 93.5 Å². The molecule has 2 saturated heterocycles. The lowest BCUT2D eigenvalue weighted by Crippen LogP contribution is -2.50. The molecule has 0 amide bonds. The standard InChI is InChI=1S/C9H13N3O4/c1-4-6-3-14-9(16-6)7(11-12-10)8(4)15-5(2)13/h4,6-9H,3H2,1-2H3/t4-,6?,7?,8-,9-/m1/s1. The van der Waals surface area contributed by atoms with E-state index in [4.69, 9.17) is 19.7 Å². The predicted molar refractivity (Wildman–Crippen MR) is 52.3 cm³/mol. The van der Waals surface area contributed by atoms with E-state index >= 15 is 0 Å². The van der Waals surface area contributed by atoms with Crippen LogP contribution in [0.5, 0.6) is 0 Å². The van der Waals surface area contributed by atoms with Crippen molar-refractivity contribution in [3.8, 4) is 0 Å². The summed E-state index contributed by atoms with van der Waals surface area (Å²) in [6.07, 6.45) is -1.17. The zero-order valence-corrected chi connectivity index (χ0v) is 9.07. The van der Waals surface area contributed by atoms with Gasteiger partial charge in [0.15, 0.2) is 6.29 Å². The minimum atomic E-state index is -0.609. The second-order valence-corrected chi connectivity index (χ2v) is 4.00. The maximum absolute atomic E-state index is 11.0. The first-order valence-electron chi connectivity index (χ1n) is 5.12.